The molecule has 0 saturated carbocycles. The second-order valence-corrected chi connectivity index (χ2v) is 6.63. The highest BCUT2D eigenvalue weighted by molar-refractivity contribution is 8.18. The molecule has 2 rings (SSSR count). The topological polar surface area (TPSA) is 57.7 Å². The van der Waals surface area contributed by atoms with Crippen molar-refractivity contribution in [3.63, 3.8) is 0 Å². The Balaban J connectivity index is 2.09. The molecule has 1 fully saturated rings. The maximum Gasteiger partial charge on any atom is 0.294 e. The first-order valence-corrected chi connectivity index (χ1v) is 8.55. The molecule has 23 heavy (non-hydrogen) atoms. The predicted molar refractivity (Wildman–Crippen MR) is 94.0 cm³/mol. The highest BCUT2D eigenvalue weighted by Crippen LogP contribution is 2.32. The molecule has 1 saturated heterocycles. The van der Waals surface area contributed by atoms with Gasteiger partial charge in [-0.05, 0) is 29.3 Å². The number of hydrogen-bond donors (Lipinski definition) is 0. The summed E-state index contributed by atoms with van der Waals surface area (Å²) >= 11 is 2.33. The first kappa shape index (κ1) is 17.2. The van der Waals surface area contributed by atoms with Gasteiger partial charge >= 0.3 is 0 Å². The lowest BCUT2D eigenvalue weighted by Gasteiger charge is -2.21. The summed E-state index contributed by atoms with van der Waals surface area (Å²) in [6.45, 7) is 7.59. The van der Waals surface area contributed by atoms with Crippen molar-refractivity contribution in [2.24, 2.45) is 0 Å². The van der Waals surface area contributed by atoms with E-state index in [-0.39, 0.29) is 12.5 Å². The van der Waals surface area contributed by atoms with E-state index in [1.165, 1.54) is 16.2 Å². The van der Waals surface area contributed by atoms with Crippen LogP contribution in [0.3, 0.4) is 0 Å². The van der Waals surface area contributed by atoms with E-state index in [2.05, 4.69) is 13.2 Å². The van der Waals surface area contributed by atoms with Gasteiger partial charge in [-0.25, -0.2) is 0 Å². The summed E-state index contributed by atoms with van der Waals surface area (Å²) in [4.78, 5) is 40.3. The van der Waals surface area contributed by atoms with Crippen LogP contribution in [0.5, 0.6) is 0 Å². The lowest BCUT2D eigenvalue weighted by atomic mass is 10.3. The molecule has 0 aromatic carbocycles. The standard InChI is InChI=1S/C16H16N2O3S2/c1-3-7-17(8-4-2)14(19)11-18-15(20)13(23-16(18)21)10-12-6-5-9-22-12/h3-6,9-10H,1-2,7-8,11H2. The number of rotatable bonds is 7. The van der Waals surface area contributed by atoms with Crippen molar-refractivity contribution in [1.29, 1.82) is 0 Å². The van der Waals surface area contributed by atoms with E-state index >= 15 is 0 Å². The Morgan fingerprint density at radius 2 is 1.96 bits per heavy atom. The molecule has 0 atom stereocenters. The Bertz CT molecular complexity index is 655. The van der Waals surface area contributed by atoms with Crippen molar-refractivity contribution < 1.29 is 14.4 Å². The van der Waals surface area contributed by atoms with Gasteiger partial charge in [0.25, 0.3) is 11.1 Å². The summed E-state index contributed by atoms with van der Waals surface area (Å²) in [6, 6.07) is 3.73. The van der Waals surface area contributed by atoms with Crippen LogP contribution in [0, 0.1) is 0 Å². The van der Waals surface area contributed by atoms with E-state index in [0.717, 1.165) is 21.5 Å². The van der Waals surface area contributed by atoms with E-state index in [9.17, 15) is 14.4 Å². The highest BCUT2D eigenvalue weighted by Gasteiger charge is 2.36. The van der Waals surface area contributed by atoms with Gasteiger partial charge in [0.15, 0.2) is 0 Å². The second-order valence-electron chi connectivity index (χ2n) is 4.66. The van der Waals surface area contributed by atoms with Crippen LogP contribution in [0.1, 0.15) is 4.88 Å². The molecule has 0 spiro atoms. The fourth-order valence-corrected chi connectivity index (χ4v) is 3.53. The minimum absolute atomic E-state index is 0.270. The molecule has 0 N–H and O–H groups in total. The highest BCUT2D eigenvalue weighted by atomic mass is 32.2. The third-order valence-corrected chi connectivity index (χ3v) is 4.76. The fraction of sp³-hybridized carbons (Fsp3) is 0.188. The maximum atomic E-state index is 12.3. The zero-order valence-electron chi connectivity index (χ0n) is 12.4. The summed E-state index contributed by atoms with van der Waals surface area (Å²) in [5.74, 6) is -0.747. The molecular formula is C16H16N2O3S2. The lowest BCUT2D eigenvalue weighted by molar-refractivity contribution is -0.135. The number of imide groups is 1. The van der Waals surface area contributed by atoms with Crippen molar-refractivity contribution in [3.8, 4) is 0 Å². The van der Waals surface area contributed by atoms with Gasteiger partial charge in [-0.2, -0.15) is 0 Å². The zero-order chi connectivity index (χ0) is 16.8. The third kappa shape index (κ3) is 4.20. The van der Waals surface area contributed by atoms with Gasteiger partial charge in [-0.3, -0.25) is 19.3 Å². The van der Waals surface area contributed by atoms with Crippen LogP contribution in [-0.4, -0.2) is 46.5 Å². The molecule has 5 nitrogen and oxygen atoms in total. The van der Waals surface area contributed by atoms with E-state index < -0.39 is 11.1 Å². The Morgan fingerprint density at radius 3 is 2.52 bits per heavy atom. The molecule has 120 valence electrons. The zero-order valence-corrected chi connectivity index (χ0v) is 14.1. The van der Waals surface area contributed by atoms with Crippen LogP contribution in [-0.2, 0) is 9.59 Å². The van der Waals surface area contributed by atoms with E-state index in [4.69, 9.17) is 0 Å². The Labute approximate surface area is 143 Å². The summed E-state index contributed by atoms with van der Waals surface area (Å²) in [5, 5.41) is 1.46. The fourth-order valence-electron chi connectivity index (χ4n) is 1.96. The number of carbonyl (C=O) groups is 3. The summed E-state index contributed by atoms with van der Waals surface area (Å²) in [5.41, 5.74) is 0. The average Bonchev–Trinajstić information content (AvgIpc) is 3.11. The smallest absolute Gasteiger partial charge is 0.294 e. The van der Waals surface area contributed by atoms with Gasteiger partial charge in [-0.1, -0.05) is 18.2 Å². The minimum atomic E-state index is -0.432. The quantitative estimate of drug-likeness (QED) is 0.561. The predicted octanol–water partition coefficient (Wildman–Crippen LogP) is 2.99. The molecule has 3 amide bonds. The number of thiophene rings is 1. The normalized spacial score (nSPS) is 16.0. The van der Waals surface area contributed by atoms with Crippen molar-refractivity contribution in [1.82, 2.24) is 9.80 Å². The Kier molecular flexibility index (Phi) is 5.95. The van der Waals surface area contributed by atoms with Crippen LogP contribution < -0.4 is 0 Å². The first-order chi connectivity index (χ1) is 11.1. The molecule has 2 heterocycles. The molecule has 0 bridgehead atoms. The van der Waals surface area contributed by atoms with Crippen molar-refractivity contribution in [3.05, 3.63) is 52.6 Å². The van der Waals surface area contributed by atoms with Crippen LogP contribution in [0.4, 0.5) is 4.79 Å². The summed E-state index contributed by atoms with van der Waals surface area (Å²) in [6.07, 6.45) is 4.85. The van der Waals surface area contributed by atoms with Gasteiger partial charge in [0, 0.05) is 18.0 Å². The average molecular weight is 348 g/mol. The molecule has 1 aromatic heterocycles. The number of nitrogens with zero attached hydrogens (tertiary/aromatic N) is 2. The van der Waals surface area contributed by atoms with Crippen LogP contribution >= 0.6 is 23.1 Å². The minimum Gasteiger partial charge on any atom is -0.334 e. The van der Waals surface area contributed by atoms with Crippen LogP contribution in [0.25, 0.3) is 6.08 Å². The SMILES string of the molecule is C=CCN(CC=C)C(=O)CN1C(=O)SC(=Cc2cccs2)C1=O. The van der Waals surface area contributed by atoms with Gasteiger partial charge in [-0.15, -0.1) is 24.5 Å². The van der Waals surface area contributed by atoms with Crippen molar-refractivity contribution in [2.45, 2.75) is 0 Å². The lowest BCUT2D eigenvalue weighted by Crippen LogP contribution is -2.42. The summed E-state index contributed by atoms with van der Waals surface area (Å²) in [7, 11) is 0. The van der Waals surface area contributed by atoms with Gasteiger partial charge < -0.3 is 4.90 Å². The molecule has 0 unspecified atom stereocenters. The van der Waals surface area contributed by atoms with E-state index in [0.29, 0.717) is 18.0 Å². The van der Waals surface area contributed by atoms with Crippen molar-refractivity contribution in [2.75, 3.05) is 19.6 Å². The first-order valence-electron chi connectivity index (χ1n) is 6.85. The molecule has 1 aliphatic rings. The number of thioether (sulfide) groups is 1. The molecule has 7 heteroatoms. The summed E-state index contributed by atoms with van der Waals surface area (Å²) < 4.78 is 0. The molecule has 1 aliphatic heterocycles. The second kappa shape index (κ2) is 7.94. The monoisotopic (exact) mass is 348 g/mol. The number of amides is 3. The Hall–Kier alpha value is -2.12. The van der Waals surface area contributed by atoms with Gasteiger partial charge in [0.05, 0.1) is 4.91 Å². The molecule has 0 radical (unpaired) electrons. The number of carbonyl (C=O) groups excluding carboxylic acids is 3. The number of hydrogen-bond acceptors (Lipinski definition) is 5. The van der Waals surface area contributed by atoms with E-state index in [1.807, 2.05) is 17.5 Å². The van der Waals surface area contributed by atoms with Gasteiger partial charge in [0.1, 0.15) is 6.54 Å². The largest absolute Gasteiger partial charge is 0.334 e. The van der Waals surface area contributed by atoms with Crippen molar-refractivity contribution >= 4 is 46.2 Å². The third-order valence-electron chi connectivity index (χ3n) is 3.04. The van der Waals surface area contributed by atoms with E-state index in [1.54, 1.807) is 18.2 Å². The van der Waals surface area contributed by atoms with Gasteiger partial charge in [0.2, 0.25) is 5.91 Å². The molecular weight excluding hydrogens is 332 g/mol. The van der Waals surface area contributed by atoms with Crippen LogP contribution in [0.15, 0.2) is 47.7 Å². The Morgan fingerprint density at radius 1 is 1.26 bits per heavy atom. The molecule has 0 aliphatic carbocycles. The van der Waals surface area contributed by atoms with Crippen LogP contribution in [0.2, 0.25) is 0 Å². The molecule has 1 aromatic rings. The maximum absolute atomic E-state index is 12.3.